The summed E-state index contributed by atoms with van der Waals surface area (Å²) in [5, 5.41) is 0. The van der Waals surface area contributed by atoms with Gasteiger partial charge in [-0.15, -0.1) is 0 Å². The van der Waals surface area contributed by atoms with E-state index in [-0.39, 0.29) is 5.91 Å². The second-order valence-corrected chi connectivity index (χ2v) is 2.79. The molecule has 0 aromatic heterocycles. The molecule has 0 heterocycles. The van der Waals surface area contributed by atoms with Crippen molar-refractivity contribution >= 4 is 5.91 Å². The van der Waals surface area contributed by atoms with Crippen molar-refractivity contribution in [2.45, 2.75) is 19.3 Å². The Bertz CT molecular complexity index is 182. The van der Waals surface area contributed by atoms with Crippen LogP contribution in [0, 0.1) is 5.92 Å². The number of primary amides is 1. The predicted molar refractivity (Wildman–Crippen MR) is 44.8 cm³/mol. The number of nitrogens with two attached hydrogens (primary N) is 1. The molecule has 11 heavy (non-hydrogen) atoms. The lowest BCUT2D eigenvalue weighted by Gasteiger charge is -2.01. The normalized spacial score (nSPS) is 16.0. The summed E-state index contributed by atoms with van der Waals surface area (Å²) >= 11 is 0. The summed E-state index contributed by atoms with van der Waals surface area (Å²) in [6.07, 6.45) is 10.8. The minimum absolute atomic E-state index is 0.198. The van der Waals surface area contributed by atoms with E-state index in [1.54, 1.807) is 0 Å². The van der Waals surface area contributed by atoms with Gasteiger partial charge in [-0.1, -0.05) is 24.3 Å². The average Bonchev–Trinajstić information content (AvgIpc) is 2.39. The maximum atomic E-state index is 10.4. The van der Waals surface area contributed by atoms with Crippen LogP contribution in [0.2, 0.25) is 0 Å². The molecule has 2 heteroatoms. The molecule has 0 saturated heterocycles. The highest BCUT2D eigenvalue weighted by atomic mass is 16.1. The molecule has 0 unspecified atom stereocenters. The molecule has 0 aliphatic heterocycles. The fraction of sp³-hybridized carbons (Fsp3) is 0.444. The summed E-state index contributed by atoms with van der Waals surface area (Å²) < 4.78 is 0. The number of hydrogen-bond acceptors (Lipinski definition) is 1. The smallest absolute Gasteiger partial charge is 0.217 e. The second-order valence-electron chi connectivity index (χ2n) is 2.79. The van der Waals surface area contributed by atoms with Gasteiger partial charge in [-0.05, 0) is 18.8 Å². The molecule has 1 aliphatic rings. The minimum Gasteiger partial charge on any atom is -0.370 e. The van der Waals surface area contributed by atoms with Gasteiger partial charge in [0.2, 0.25) is 5.91 Å². The number of amides is 1. The molecule has 1 amide bonds. The zero-order valence-electron chi connectivity index (χ0n) is 6.49. The lowest BCUT2D eigenvalue weighted by molar-refractivity contribution is -0.118. The third kappa shape index (κ3) is 3.03. The number of carbonyl (C=O) groups is 1. The van der Waals surface area contributed by atoms with Gasteiger partial charge in [-0.25, -0.2) is 0 Å². The first-order valence-electron chi connectivity index (χ1n) is 3.92. The summed E-state index contributed by atoms with van der Waals surface area (Å²) in [6.45, 7) is 0. The Morgan fingerprint density at radius 2 is 2.00 bits per heavy atom. The Hall–Kier alpha value is -1.05. The van der Waals surface area contributed by atoms with Gasteiger partial charge in [0.1, 0.15) is 0 Å². The molecule has 0 saturated carbocycles. The zero-order valence-corrected chi connectivity index (χ0v) is 6.49. The molecule has 0 atom stereocenters. The Morgan fingerprint density at radius 1 is 1.36 bits per heavy atom. The highest BCUT2D eigenvalue weighted by Gasteiger charge is 2.03. The summed E-state index contributed by atoms with van der Waals surface area (Å²) in [6, 6.07) is 0. The first kappa shape index (κ1) is 8.05. The monoisotopic (exact) mass is 151 g/mol. The second kappa shape index (κ2) is 3.96. The Balaban J connectivity index is 2.08. The molecule has 0 radical (unpaired) electrons. The highest BCUT2D eigenvalue weighted by molar-refractivity contribution is 5.73. The van der Waals surface area contributed by atoms with Crippen LogP contribution in [-0.2, 0) is 4.79 Å². The van der Waals surface area contributed by atoms with Crippen LogP contribution >= 0.6 is 0 Å². The molecule has 60 valence electrons. The van der Waals surface area contributed by atoms with Crippen LogP contribution in [0.1, 0.15) is 19.3 Å². The van der Waals surface area contributed by atoms with Gasteiger partial charge in [0.25, 0.3) is 0 Å². The highest BCUT2D eigenvalue weighted by Crippen LogP contribution is 2.15. The van der Waals surface area contributed by atoms with Gasteiger partial charge >= 0.3 is 0 Å². The lowest BCUT2D eigenvalue weighted by atomic mass is 10.0. The van der Waals surface area contributed by atoms with Gasteiger partial charge < -0.3 is 5.73 Å². The number of carbonyl (C=O) groups excluding carboxylic acids is 1. The van der Waals surface area contributed by atoms with Crippen molar-refractivity contribution < 1.29 is 4.79 Å². The van der Waals surface area contributed by atoms with Crippen molar-refractivity contribution in [1.29, 1.82) is 0 Å². The van der Waals surface area contributed by atoms with Crippen molar-refractivity contribution in [3.8, 4) is 0 Å². The average molecular weight is 151 g/mol. The van der Waals surface area contributed by atoms with E-state index >= 15 is 0 Å². The summed E-state index contributed by atoms with van der Waals surface area (Å²) in [5.41, 5.74) is 5.00. The van der Waals surface area contributed by atoms with Gasteiger partial charge in [-0.3, -0.25) is 4.79 Å². The topological polar surface area (TPSA) is 43.1 Å². The maximum absolute atomic E-state index is 10.4. The summed E-state index contributed by atoms with van der Waals surface area (Å²) in [4.78, 5) is 10.4. The Morgan fingerprint density at radius 3 is 2.55 bits per heavy atom. The quantitative estimate of drug-likeness (QED) is 0.648. The van der Waals surface area contributed by atoms with Crippen molar-refractivity contribution in [1.82, 2.24) is 0 Å². The maximum Gasteiger partial charge on any atom is 0.217 e. The molecular formula is C9H13NO. The molecule has 2 N–H and O–H groups in total. The molecule has 0 fully saturated rings. The van der Waals surface area contributed by atoms with E-state index in [9.17, 15) is 4.79 Å². The third-order valence-electron chi connectivity index (χ3n) is 1.79. The Kier molecular flexibility index (Phi) is 2.90. The van der Waals surface area contributed by atoms with Gasteiger partial charge in [-0.2, -0.15) is 0 Å². The van der Waals surface area contributed by atoms with Crippen molar-refractivity contribution in [3.05, 3.63) is 24.3 Å². The molecule has 0 spiro atoms. The van der Waals surface area contributed by atoms with E-state index in [4.69, 9.17) is 5.73 Å². The van der Waals surface area contributed by atoms with Crippen LogP contribution in [0.3, 0.4) is 0 Å². The van der Waals surface area contributed by atoms with E-state index in [1.807, 2.05) is 12.2 Å². The summed E-state index contributed by atoms with van der Waals surface area (Å²) in [5.74, 6) is 0.338. The van der Waals surface area contributed by atoms with Crippen LogP contribution in [0.15, 0.2) is 24.3 Å². The molecule has 1 aliphatic carbocycles. The number of allylic oxidation sites excluding steroid dienone is 4. The minimum atomic E-state index is -0.198. The molecular weight excluding hydrogens is 138 g/mol. The largest absolute Gasteiger partial charge is 0.370 e. The first-order chi connectivity index (χ1) is 5.29. The fourth-order valence-electron chi connectivity index (χ4n) is 1.18. The third-order valence-corrected chi connectivity index (χ3v) is 1.79. The Labute approximate surface area is 66.8 Å². The summed E-state index contributed by atoms with van der Waals surface area (Å²) in [7, 11) is 0. The van der Waals surface area contributed by atoms with Gasteiger partial charge in [0, 0.05) is 6.42 Å². The zero-order chi connectivity index (χ0) is 8.10. The van der Waals surface area contributed by atoms with Crippen LogP contribution in [-0.4, -0.2) is 5.91 Å². The van der Waals surface area contributed by atoms with Gasteiger partial charge in [0.15, 0.2) is 0 Å². The van der Waals surface area contributed by atoms with E-state index in [0.29, 0.717) is 12.3 Å². The van der Waals surface area contributed by atoms with Crippen molar-refractivity contribution in [3.63, 3.8) is 0 Å². The lowest BCUT2D eigenvalue weighted by Crippen LogP contribution is -2.10. The molecule has 2 nitrogen and oxygen atoms in total. The number of rotatable bonds is 4. The molecule has 0 bridgehead atoms. The van der Waals surface area contributed by atoms with Crippen LogP contribution < -0.4 is 5.73 Å². The molecule has 0 aromatic rings. The van der Waals surface area contributed by atoms with Crippen molar-refractivity contribution in [2.24, 2.45) is 11.7 Å². The van der Waals surface area contributed by atoms with E-state index in [2.05, 4.69) is 12.2 Å². The van der Waals surface area contributed by atoms with E-state index in [1.165, 1.54) is 0 Å². The van der Waals surface area contributed by atoms with Crippen molar-refractivity contribution in [2.75, 3.05) is 0 Å². The fourth-order valence-corrected chi connectivity index (χ4v) is 1.18. The standard InChI is InChI=1S/C9H13NO/c10-9(11)7-3-6-8-4-1-2-5-8/h1-2,4-5,8H,3,6-7H2,(H2,10,11). The molecule has 0 aromatic carbocycles. The van der Waals surface area contributed by atoms with Crippen LogP contribution in [0.5, 0.6) is 0 Å². The van der Waals surface area contributed by atoms with Crippen LogP contribution in [0.25, 0.3) is 0 Å². The first-order valence-corrected chi connectivity index (χ1v) is 3.92. The van der Waals surface area contributed by atoms with E-state index in [0.717, 1.165) is 12.8 Å². The van der Waals surface area contributed by atoms with E-state index < -0.39 is 0 Å². The number of hydrogen-bond donors (Lipinski definition) is 1. The van der Waals surface area contributed by atoms with Crippen LogP contribution in [0.4, 0.5) is 0 Å². The van der Waals surface area contributed by atoms with Gasteiger partial charge in [0.05, 0.1) is 0 Å². The predicted octanol–water partition coefficient (Wildman–Crippen LogP) is 1.38. The molecule has 1 rings (SSSR count). The SMILES string of the molecule is NC(=O)CCCC1C=CC=C1.